The van der Waals surface area contributed by atoms with Gasteiger partial charge in [0.25, 0.3) is 0 Å². The number of allylic oxidation sites excluding steroid dienone is 1. The summed E-state index contributed by atoms with van der Waals surface area (Å²) < 4.78 is 56.4. The Morgan fingerprint density at radius 3 is 1.95 bits per heavy atom. The van der Waals surface area contributed by atoms with Crippen LogP contribution in [0.3, 0.4) is 0 Å². The Balaban J connectivity index is 1.39. The lowest BCUT2D eigenvalue weighted by molar-refractivity contribution is 0.0988. The molecule has 2 aliphatic rings. The monoisotopic (exact) mass is 563 g/mol. The van der Waals surface area contributed by atoms with Gasteiger partial charge in [-0.25, -0.2) is 17.6 Å². The summed E-state index contributed by atoms with van der Waals surface area (Å²) in [5.41, 5.74) is 2.62. The van der Waals surface area contributed by atoms with Crippen LogP contribution in [0.5, 0.6) is 0 Å². The Morgan fingerprint density at radius 1 is 0.667 bits per heavy atom. The van der Waals surface area contributed by atoms with Gasteiger partial charge < -0.3 is 4.90 Å². The Hall–Kier alpha value is -5.04. The summed E-state index contributed by atoms with van der Waals surface area (Å²) in [5, 5.41) is 1.76. The number of Topliss-reactive ketones (excluding diaryl/α,β-unsaturated/α-hetero) is 2. The molecule has 0 amide bonds. The lowest BCUT2D eigenvalue weighted by atomic mass is 9.71. The highest BCUT2D eigenvalue weighted by Crippen LogP contribution is 2.53. The molecule has 1 aliphatic heterocycles. The third-order valence-corrected chi connectivity index (χ3v) is 8.24. The Labute approximate surface area is 238 Å². The van der Waals surface area contributed by atoms with E-state index in [0.717, 1.165) is 39.0 Å². The third kappa shape index (κ3) is 3.46. The number of carbonyl (C=O) groups is 2. The van der Waals surface area contributed by atoms with E-state index in [9.17, 15) is 27.2 Å². The maximum Gasteiger partial charge on any atom is 0.200 e. The molecule has 5 aromatic carbocycles. The number of ketones is 2. The number of anilines is 3. The van der Waals surface area contributed by atoms with Gasteiger partial charge in [-0.15, -0.1) is 0 Å². The van der Waals surface area contributed by atoms with E-state index >= 15 is 0 Å². The van der Waals surface area contributed by atoms with Gasteiger partial charge in [0.2, 0.25) is 11.6 Å². The lowest BCUT2D eigenvalue weighted by Crippen LogP contribution is -2.30. The lowest BCUT2D eigenvalue weighted by Gasteiger charge is -2.42. The SMILES string of the molecule is CC1(C)c2ccccc2N(c2ccccc2)c2ccc3cc(C=C4C(=O)c5c(F)c(F)c(F)c(F)c5C4=O)ccc3c21. The summed E-state index contributed by atoms with van der Waals surface area (Å²) in [5.74, 6) is -10.4. The largest absolute Gasteiger partial charge is 0.310 e. The van der Waals surface area contributed by atoms with Crippen molar-refractivity contribution in [2.45, 2.75) is 19.3 Å². The van der Waals surface area contributed by atoms with Gasteiger partial charge in [0, 0.05) is 11.1 Å². The van der Waals surface area contributed by atoms with Crippen LogP contribution in [-0.4, -0.2) is 11.6 Å². The number of hydrogen-bond acceptors (Lipinski definition) is 3. The molecule has 0 radical (unpaired) electrons. The zero-order valence-corrected chi connectivity index (χ0v) is 22.4. The Morgan fingerprint density at radius 2 is 1.29 bits per heavy atom. The van der Waals surface area contributed by atoms with Gasteiger partial charge in [0.15, 0.2) is 23.3 Å². The van der Waals surface area contributed by atoms with Crippen molar-refractivity contribution in [3.8, 4) is 0 Å². The van der Waals surface area contributed by atoms with Crippen LogP contribution in [0.2, 0.25) is 0 Å². The number of para-hydroxylation sites is 2. The van der Waals surface area contributed by atoms with Gasteiger partial charge in [-0.2, -0.15) is 0 Å². The van der Waals surface area contributed by atoms with E-state index in [1.165, 1.54) is 6.08 Å². The molecular weight excluding hydrogens is 542 g/mol. The van der Waals surface area contributed by atoms with Crippen molar-refractivity contribution in [2.75, 3.05) is 4.90 Å². The first-order valence-corrected chi connectivity index (χ1v) is 13.3. The number of nitrogens with zero attached hydrogens (tertiary/aromatic N) is 1. The third-order valence-electron chi connectivity index (χ3n) is 8.24. The smallest absolute Gasteiger partial charge is 0.200 e. The van der Waals surface area contributed by atoms with E-state index in [1.807, 2.05) is 48.5 Å². The number of rotatable bonds is 2. The molecule has 7 rings (SSSR count). The van der Waals surface area contributed by atoms with E-state index in [4.69, 9.17) is 0 Å². The van der Waals surface area contributed by atoms with Crippen LogP contribution in [0.25, 0.3) is 16.8 Å². The summed E-state index contributed by atoms with van der Waals surface area (Å²) in [4.78, 5) is 28.0. The molecule has 7 heteroatoms. The van der Waals surface area contributed by atoms with Crippen molar-refractivity contribution in [1.82, 2.24) is 0 Å². The maximum atomic E-state index is 14.4. The van der Waals surface area contributed by atoms with E-state index in [-0.39, 0.29) is 5.41 Å². The first-order chi connectivity index (χ1) is 20.1. The highest BCUT2D eigenvalue weighted by molar-refractivity contribution is 6.41. The van der Waals surface area contributed by atoms with E-state index in [2.05, 4.69) is 43.0 Å². The van der Waals surface area contributed by atoms with Crippen LogP contribution in [0, 0.1) is 23.3 Å². The zero-order chi connectivity index (χ0) is 29.5. The molecular formula is C35H21F4NO2. The summed E-state index contributed by atoms with van der Waals surface area (Å²) in [6.07, 6.45) is 1.20. The minimum absolute atomic E-state index is 0.390. The van der Waals surface area contributed by atoms with Crippen molar-refractivity contribution >= 4 is 45.5 Å². The summed E-state index contributed by atoms with van der Waals surface area (Å²) in [6, 6.07) is 27.6. The van der Waals surface area contributed by atoms with Gasteiger partial charge in [0.1, 0.15) is 0 Å². The van der Waals surface area contributed by atoms with Crippen LogP contribution < -0.4 is 4.90 Å². The predicted molar refractivity (Wildman–Crippen MR) is 154 cm³/mol. The number of hydrogen-bond donors (Lipinski definition) is 0. The maximum absolute atomic E-state index is 14.4. The number of halogens is 4. The second kappa shape index (κ2) is 8.98. The molecule has 0 unspecified atom stereocenters. The fourth-order valence-corrected chi connectivity index (χ4v) is 6.31. The van der Waals surface area contributed by atoms with Gasteiger partial charge >= 0.3 is 0 Å². The van der Waals surface area contributed by atoms with E-state index in [1.54, 1.807) is 12.1 Å². The normalized spacial score (nSPS) is 15.1. The molecule has 0 bridgehead atoms. The van der Waals surface area contributed by atoms with Crippen molar-refractivity contribution < 1.29 is 27.2 Å². The molecule has 0 N–H and O–H groups in total. The minimum atomic E-state index is -2.13. The minimum Gasteiger partial charge on any atom is -0.310 e. The highest BCUT2D eigenvalue weighted by atomic mass is 19.2. The van der Waals surface area contributed by atoms with Crippen LogP contribution in [-0.2, 0) is 5.41 Å². The molecule has 42 heavy (non-hydrogen) atoms. The molecule has 0 saturated carbocycles. The second-order valence-electron chi connectivity index (χ2n) is 11.0. The van der Waals surface area contributed by atoms with Crippen molar-refractivity contribution in [3.63, 3.8) is 0 Å². The van der Waals surface area contributed by atoms with Crippen LogP contribution in [0.15, 0.2) is 90.5 Å². The molecule has 5 aromatic rings. The highest BCUT2D eigenvalue weighted by Gasteiger charge is 2.42. The van der Waals surface area contributed by atoms with E-state index in [0.29, 0.717) is 5.56 Å². The quantitative estimate of drug-likeness (QED) is 0.0707. The summed E-state index contributed by atoms with van der Waals surface area (Å²) in [6.45, 7) is 4.33. The number of benzene rings is 5. The fraction of sp³-hybridized carbons (Fsp3) is 0.0857. The topological polar surface area (TPSA) is 37.4 Å². The number of fused-ring (bicyclic) bond motifs is 5. The first kappa shape index (κ1) is 25.9. The van der Waals surface area contributed by atoms with Gasteiger partial charge in [-0.1, -0.05) is 68.4 Å². The predicted octanol–water partition coefficient (Wildman–Crippen LogP) is 8.97. The first-order valence-electron chi connectivity index (χ1n) is 13.3. The molecule has 0 atom stereocenters. The van der Waals surface area contributed by atoms with Crippen LogP contribution in [0.4, 0.5) is 34.6 Å². The van der Waals surface area contributed by atoms with Crippen molar-refractivity contribution in [3.05, 3.63) is 142 Å². The van der Waals surface area contributed by atoms with E-state index < -0.39 is 51.5 Å². The Kier molecular flexibility index (Phi) is 5.54. The molecule has 0 fully saturated rings. The average Bonchev–Trinajstić information content (AvgIpc) is 3.24. The molecule has 206 valence electrons. The number of carbonyl (C=O) groups excluding carboxylic acids is 2. The van der Waals surface area contributed by atoms with Crippen molar-refractivity contribution in [2.24, 2.45) is 0 Å². The molecule has 3 nitrogen and oxygen atoms in total. The van der Waals surface area contributed by atoms with Crippen molar-refractivity contribution in [1.29, 1.82) is 0 Å². The van der Waals surface area contributed by atoms with Crippen LogP contribution >= 0.6 is 0 Å². The summed E-state index contributed by atoms with van der Waals surface area (Å²) in [7, 11) is 0. The van der Waals surface area contributed by atoms with Gasteiger partial charge in [-0.3, -0.25) is 9.59 Å². The standard InChI is InChI=1S/C35H21F4NO2/c1-35(2)23-10-6-7-11-24(23)40(20-8-4-3-5-9-20)25-15-13-19-16-18(12-14-21(19)28(25)35)17-22-33(41)26-27(34(22)42)30(37)32(39)31(38)29(26)36/h3-17H,1-2H3. The molecule has 1 heterocycles. The van der Waals surface area contributed by atoms with Gasteiger partial charge in [0.05, 0.1) is 28.1 Å². The van der Waals surface area contributed by atoms with Crippen LogP contribution in [0.1, 0.15) is 51.3 Å². The molecule has 0 saturated heterocycles. The Bertz CT molecular complexity index is 2000. The summed E-state index contributed by atoms with van der Waals surface area (Å²) >= 11 is 0. The molecule has 1 aliphatic carbocycles. The van der Waals surface area contributed by atoms with Gasteiger partial charge in [-0.05, 0) is 63.9 Å². The average molecular weight is 564 g/mol. The zero-order valence-electron chi connectivity index (χ0n) is 22.4. The second-order valence-corrected chi connectivity index (χ2v) is 11.0. The molecule has 0 aromatic heterocycles. The molecule has 0 spiro atoms. The fourth-order valence-electron chi connectivity index (χ4n) is 6.31.